The third-order valence-corrected chi connectivity index (χ3v) is 14.8. The van der Waals surface area contributed by atoms with Crippen LogP contribution in [-0.2, 0) is 25.7 Å². The van der Waals surface area contributed by atoms with Crippen LogP contribution < -0.4 is 20.4 Å². The molecule has 0 unspecified atom stereocenters. The van der Waals surface area contributed by atoms with Gasteiger partial charge in [-0.25, -0.2) is 23.9 Å². The first-order valence-electron chi connectivity index (χ1n) is 24.6. The van der Waals surface area contributed by atoms with Gasteiger partial charge in [-0.15, -0.1) is 16.4 Å². The number of nitrogens with zero attached hydrogens (tertiary/aromatic N) is 9. The summed E-state index contributed by atoms with van der Waals surface area (Å²) >= 11 is 1.57. The number of fused-ring (bicyclic) bond motifs is 1. The molecule has 9 rings (SSSR count). The van der Waals surface area contributed by atoms with E-state index in [2.05, 4.69) is 30.4 Å². The van der Waals surface area contributed by atoms with Crippen LogP contribution in [0.5, 0.6) is 0 Å². The molecule has 16 nitrogen and oxygen atoms in total. The van der Waals surface area contributed by atoms with E-state index in [1.54, 1.807) is 29.7 Å². The van der Waals surface area contributed by atoms with E-state index >= 15 is 0 Å². The molecule has 3 N–H and O–H groups in total. The minimum Gasteiger partial charge on any atom is -0.391 e. The molecule has 0 radical (unpaired) electrons. The number of aliphatic hydroxyl groups excluding tert-OH is 1. The highest BCUT2D eigenvalue weighted by atomic mass is 32.1. The molecule has 0 spiro atoms. The van der Waals surface area contributed by atoms with Crippen LogP contribution in [0, 0.1) is 18.2 Å². The smallest absolute Gasteiger partial charge is 0.246 e. The number of halogens is 1. The van der Waals surface area contributed by atoms with E-state index in [1.165, 1.54) is 11.0 Å². The van der Waals surface area contributed by atoms with Gasteiger partial charge in [0.2, 0.25) is 23.6 Å². The first-order chi connectivity index (χ1) is 34.2. The number of aryl methyl sites for hydroxylation is 1. The number of aliphatic hydroxyl groups is 1. The first-order valence-corrected chi connectivity index (χ1v) is 25.5. The SMILES string of the molecule is Cc1ncsc1-c1ccc(CNC(=O)[C@@H]2C[C@@H](O)CN2C(=O)[C@@H](NC(=O)CCCCC(=O)N2CCN(c3cccc(-c4cnc5ccc(N6CCC[C@@H]6c6cccc(F)c6)nn45)n3)CC2)C(C)(C)C)cc1. The Morgan fingerprint density at radius 3 is 2.42 bits per heavy atom. The van der Waals surface area contributed by atoms with E-state index in [-0.39, 0.29) is 55.5 Å². The van der Waals surface area contributed by atoms with Crippen molar-refractivity contribution in [1.29, 1.82) is 0 Å². The summed E-state index contributed by atoms with van der Waals surface area (Å²) in [5.74, 6) is 0.276. The van der Waals surface area contributed by atoms with E-state index in [0.29, 0.717) is 51.1 Å². The van der Waals surface area contributed by atoms with Crippen molar-refractivity contribution >= 4 is 52.2 Å². The Hall–Kier alpha value is -6.79. The van der Waals surface area contributed by atoms with E-state index in [0.717, 1.165) is 69.7 Å². The number of carbonyl (C=O) groups excluding carboxylic acids is 4. The average molecular weight is 984 g/mol. The summed E-state index contributed by atoms with van der Waals surface area (Å²) in [6, 6.07) is 22.7. The summed E-state index contributed by atoms with van der Waals surface area (Å²) in [5, 5.41) is 21.5. The van der Waals surface area contributed by atoms with Crippen LogP contribution in [-0.4, -0.2) is 121 Å². The van der Waals surface area contributed by atoms with Crippen LogP contribution in [0.1, 0.15) is 88.6 Å². The fraction of sp³-hybridized carbons (Fsp3) is 0.434. The number of amides is 4. The third kappa shape index (κ3) is 11.2. The Kier molecular flexibility index (Phi) is 14.7. The molecule has 71 heavy (non-hydrogen) atoms. The molecule has 3 fully saturated rings. The molecule has 4 aromatic heterocycles. The highest BCUT2D eigenvalue weighted by Crippen LogP contribution is 2.36. The molecule has 3 saturated heterocycles. The second-order valence-electron chi connectivity index (χ2n) is 19.9. The van der Waals surface area contributed by atoms with Crippen molar-refractivity contribution in [3.05, 3.63) is 113 Å². The Morgan fingerprint density at radius 2 is 1.68 bits per heavy atom. The molecule has 18 heteroatoms. The summed E-state index contributed by atoms with van der Waals surface area (Å²) in [7, 11) is 0. The van der Waals surface area contributed by atoms with Crippen LogP contribution in [0.15, 0.2) is 90.6 Å². The summed E-state index contributed by atoms with van der Waals surface area (Å²) in [5.41, 5.74) is 7.15. The van der Waals surface area contributed by atoms with Gasteiger partial charge >= 0.3 is 0 Å². The number of piperazine rings is 1. The zero-order chi connectivity index (χ0) is 49.8. The van der Waals surface area contributed by atoms with Crippen LogP contribution in [0.2, 0.25) is 0 Å². The number of aromatic nitrogens is 5. The van der Waals surface area contributed by atoms with Gasteiger partial charge in [0.05, 0.1) is 40.1 Å². The number of thiazole rings is 1. The van der Waals surface area contributed by atoms with Crippen LogP contribution in [0.25, 0.3) is 27.5 Å². The van der Waals surface area contributed by atoms with Crippen molar-refractivity contribution in [3.63, 3.8) is 0 Å². The van der Waals surface area contributed by atoms with E-state index in [9.17, 15) is 28.7 Å². The summed E-state index contributed by atoms with van der Waals surface area (Å²) in [6.45, 7) is 10.9. The van der Waals surface area contributed by atoms with Gasteiger partial charge in [0.15, 0.2) is 5.65 Å². The van der Waals surface area contributed by atoms with E-state index in [1.807, 2.05) is 103 Å². The number of imidazole rings is 1. The number of β-amino-alcohol motifs (C(OH)–C–C–N with tert-alkyl or cyclic N) is 1. The van der Waals surface area contributed by atoms with Crippen molar-refractivity contribution < 1.29 is 28.7 Å². The van der Waals surface area contributed by atoms with Gasteiger partial charge in [-0.2, -0.15) is 0 Å². The lowest BCUT2D eigenvalue weighted by molar-refractivity contribution is -0.144. The molecule has 6 aromatic rings. The second-order valence-corrected chi connectivity index (χ2v) is 20.8. The maximum atomic E-state index is 14.2. The average Bonchev–Trinajstić information content (AvgIpc) is 4.20. The molecule has 372 valence electrons. The van der Waals surface area contributed by atoms with Gasteiger partial charge in [0.25, 0.3) is 0 Å². The van der Waals surface area contributed by atoms with Crippen LogP contribution in [0.3, 0.4) is 0 Å². The number of nitrogens with one attached hydrogen (secondary N) is 2. The predicted molar refractivity (Wildman–Crippen MR) is 271 cm³/mol. The van der Waals surface area contributed by atoms with Gasteiger partial charge in [0.1, 0.15) is 35.2 Å². The van der Waals surface area contributed by atoms with Gasteiger partial charge < -0.3 is 35.3 Å². The number of hydrogen-bond acceptors (Lipinski definition) is 12. The van der Waals surface area contributed by atoms with Crippen molar-refractivity contribution in [2.45, 2.75) is 103 Å². The Balaban J connectivity index is 0.734. The quantitative estimate of drug-likeness (QED) is 0.0930. The number of benzene rings is 2. The number of anilines is 2. The van der Waals surface area contributed by atoms with Crippen molar-refractivity contribution in [3.8, 4) is 21.8 Å². The lowest BCUT2D eigenvalue weighted by atomic mass is 9.85. The van der Waals surface area contributed by atoms with Crippen LogP contribution >= 0.6 is 11.3 Å². The molecule has 4 atom stereocenters. The first kappa shape index (κ1) is 49.2. The monoisotopic (exact) mass is 983 g/mol. The van der Waals surface area contributed by atoms with Crippen molar-refractivity contribution in [2.24, 2.45) is 5.41 Å². The van der Waals surface area contributed by atoms with E-state index < -0.39 is 29.5 Å². The maximum absolute atomic E-state index is 14.2. The topological polar surface area (TPSA) is 182 Å². The molecule has 3 aliphatic rings. The molecular weight excluding hydrogens is 922 g/mol. The predicted octanol–water partition coefficient (Wildman–Crippen LogP) is 6.72. The molecule has 0 aliphatic carbocycles. The zero-order valence-electron chi connectivity index (χ0n) is 40.8. The molecule has 0 bridgehead atoms. The molecule has 4 amide bonds. The number of carbonyl (C=O) groups is 4. The second kappa shape index (κ2) is 21.3. The largest absolute Gasteiger partial charge is 0.391 e. The number of rotatable bonds is 15. The number of unbranched alkanes of at least 4 members (excludes halogenated alkanes) is 1. The summed E-state index contributed by atoms with van der Waals surface area (Å²) < 4.78 is 16.0. The Morgan fingerprint density at radius 1 is 0.901 bits per heavy atom. The highest BCUT2D eigenvalue weighted by Gasteiger charge is 2.44. The lowest BCUT2D eigenvalue weighted by Crippen LogP contribution is -2.57. The molecule has 3 aliphatic heterocycles. The minimum absolute atomic E-state index is 0.00930. The van der Waals surface area contributed by atoms with Gasteiger partial charge in [-0.3, -0.25) is 19.2 Å². The minimum atomic E-state index is -0.933. The lowest BCUT2D eigenvalue weighted by Gasteiger charge is -2.35. The highest BCUT2D eigenvalue weighted by molar-refractivity contribution is 7.13. The van der Waals surface area contributed by atoms with Crippen molar-refractivity contribution in [1.82, 2.24) is 45.0 Å². The fourth-order valence-electron chi connectivity index (χ4n) is 9.95. The normalized spacial score (nSPS) is 18.8. The summed E-state index contributed by atoms with van der Waals surface area (Å²) in [6.07, 6.45) is 4.30. The van der Waals surface area contributed by atoms with E-state index in [4.69, 9.17) is 10.1 Å². The zero-order valence-corrected chi connectivity index (χ0v) is 41.6. The standard InChI is InChI=1S/C53H62FN11O5S/c1-34-49(71-33-57-34)36-19-17-35(18-20-36)30-56-51(69)42-29-39(66)32-64(42)52(70)50(53(2,3)4)59-47(67)15-5-6-16-48(68)62-26-24-61(25-27-62)45-14-8-12-40(58-45)43-31-55-44-21-22-46(60-65(43)44)63-23-9-13-41(63)37-10-7-11-38(54)28-37/h7-8,10-12,14,17-22,28,31,33,39,41-42,50,66H,5-6,9,13,15-16,23-27,29-30,32H2,1-4H3,(H,56,69)(H,59,67)/t39-,41-,42+,50-/m1/s1. The third-order valence-electron chi connectivity index (χ3n) is 13.8. The molecule has 2 aromatic carbocycles. The molecular formula is C53H62FN11O5S. The molecule has 7 heterocycles. The van der Waals surface area contributed by atoms with Crippen LogP contribution in [0.4, 0.5) is 16.0 Å². The number of likely N-dealkylation sites (tertiary alicyclic amines) is 1. The maximum Gasteiger partial charge on any atom is 0.246 e. The number of pyridine rings is 1. The van der Waals surface area contributed by atoms with Gasteiger partial charge in [-0.05, 0) is 91.1 Å². The van der Waals surface area contributed by atoms with Gasteiger partial charge in [-0.1, -0.05) is 63.2 Å². The Labute approximate surface area is 417 Å². The van der Waals surface area contributed by atoms with Crippen molar-refractivity contribution in [2.75, 3.05) is 49.1 Å². The fourth-order valence-corrected chi connectivity index (χ4v) is 10.8. The number of hydrogen-bond donors (Lipinski definition) is 3. The van der Waals surface area contributed by atoms with Gasteiger partial charge in [0, 0.05) is 65.1 Å². The molecule has 0 saturated carbocycles. The summed E-state index contributed by atoms with van der Waals surface area (Å²) in [4.78, 5) is 77.0. The Bertz CT molecular complexity index is 2880.